The van der Waals surface area contributed by atoms with E-state index in [0.29, 0.717) is 6.54 Å². The molecule has 1 atom stereocenters. The summed E-state index contributed by atoms with van der Waals surface area (Å²) in [4.78, 5) is 14.4. The standard InChI is InChI=1S/C27H31NO4Si/c1-27(2,3)33(23-11-7-5-8-12-23,24-13-9-6-10-14-24)31-20-28-19-25(32-26(28)29)21-15-17-22(30-4)18-16-21/h5-18,25H,19-20H2,1-4H3. The van der Waals surface area contributed by atoms with Gasteiger partial charge in [0.15, 0.2) is 0 Å². The van der Waals surface area contributed by atoms with E-state index in [1.165, 1.54) is 10.4 Å². The summed E-state index contributed by atoms with van der Waals surface area (Å²) in [6.45, 7) is 7.30. The molecule has 1 fully saturated rings. The molecule has 1 unspecified atom stereocenters. The van der Waals surface area contributed by atoms with E-state index >= 15 is 0 Å². The number of methoxy groups -OCH3 is 1. The van der Waals surface area contributed by atoms with Crippen LogP contribution in [0, 0.1) is 0 Å². The molecule has 3 aromatic rings. The minimum atomic E-state index is -2.73. The van der Waals surface area contributed by atoms with Crippen LogP contribution in [-0.2, 0) is 9.16 Å². The zero-order valence-electron chi connectivity index (χ0n) is 19.7. The van der Waals surface area contributed by atoms with Gasteiger partial charge in [-0.2, -0.15) is 0 Å². The molecule has 0 aromatic heterocycles. The minimum Gasteiger partial charge on any atom is -0.497 e. The SMILES string of the molecule is COc1ccc(C2CN(CO[Si](c3ccccc3)(c3ccccc3)C(C)(C)C)C(=O)O2)cc1. The van der Waals surface area contributed by atoms with E-state index < -0.39 is 8.32 Å². The predicted octanol–water partition coefficient (Wildman–Crippen LogP) is 4.72. The van der Waals surface area contributed by atoms with Gasteiger partial charge < -0.3 is 13.9 Å². The molecule has 1 heterocycles. The third-order valence-corrected chi connectivity index (χ3v) is 11.2. The van der Waals surface area contributed by atoms with Gasteiger partial charge in [0.2, 0.25) is 0 Å². The molecule has 4 rings (SSSR count). The highest BCUT2D eigenvalue weighted by Crippen LogP contribution is 2.37. The first-order chi connectivity index (χ1) is 15.8. The number of carbonyl (C=O) groups excluding carboxylic acids is 1. The fraction of sp³-hybridized carbons (Fsp3) is 0.296. The number of benzene rings is 3. The van der Waals surface area contributed by atoms with E-state index in [4.69, 9.17) is 13.9 Å². The van der Waals surface area contributed by atoms with Crippen LogP contribution in [-0.4, -0.2) is 39.7 Å². The van der Waals surface area contributed by atoms with Crippen molar-refractivity contribution in [3.63, 3.8) is 0 Å². The van der Waals surface area contributed by atoms with Gasteiger partial charge in [0.05, 0.1) is 13.7 Å². The molecule has 0 bridgehead atoms. The van der Waals surface area contributed by atoms with Crippen LogP contribution in [0.5, 0.6) is 5.75 Å². The van der Waals surface area contributed by atoms with Gasteiger partial charge in [-0.15, -0.1) is 0 Å². The zero-order valence-corrected chi connectivity index (χ0v) is 20.7. The number of ether oxygens (including phenoxy) is 2. The van der Waals surface area contributed by atoms with Gasteiger partial charge in [0.25, 0.3) is 8.32 Å². The van der Waals surface area contributed by atoms with Crippen molar-refractivity contribution in [1.29, 1.82) is 0 Å². The lowest BCUT2D eigenvalue weighted by Crippen LogP contribution is -2.67. The molecular weight excluding hydrogens is 430 g/mol. The van der Waals surface area contributed by atoms with Crippen molar-refractivity contribution in [1.82, 2.24) is 4.90 Å². The molecular formula is C27H31NO4Si. The van der Waals surface area contributed by atoms with Crippen molar-refractivity contribution in [2.24, 2.45) is 0 Å². The quantitative estimate of drug-likeness (QED) is 0.478. The molecule has 3 aromatic carbocycles. The fourth-order valence-corrected chi connectivity index (χ4v) is 9.05. The maximum absolute atomic E-state index is 12.7. The fourth-order valence-electron chi connectivity index (χ4n) is 4.54. The molecule has 1 saturated heterocycles. The van der Waals surface area contributed by atoms with Crippen molar-refractivity contribution in [3.05, 3.63) is 90.5 Å². The predicted molar refractivity (Wildman–Crippen MR) is 132 cm³/mol. The van der Waals surface area contributed by atoms with Gasteiger partial charge in [0, 0.05) is 0 Å². The van der Waals surface area contributed by atoms with Gasteiger partial charge in [-0.25, -0.2) is 4.79 Å². The largest absolute Gasteiger partial charge is 0.497 e. The Morgan fingerprint density at radius 1 is 0.909 bits per heavy atom. The minimum absolute atomic E-state index is 0.158. The Morgan fingerprint density at radius 3 is 1.94 bits per heavy atom. The maximum Gasteiger partial charge on any atom is 0.412 e. The Hall–Kier alpha value is -3.09. The van der Waals surface area contributed by atoms with Crippen LogP contribution in [0.3, 0.4) is 0 Å². The lowest BCUT2D eigenvalue weighted by molar-refractivity contribution is 0.115. The van der Waals surface area contributed by atoms with Crippen LogP contribution in [0.1, 0.15) is 32.4 Å². The highest BCUT2D eigenvalue weighted by atomic mass is 28.4. The summed E-state index contributed by atoms with van der Waals surface area (Å²) >= 11 is 0. The Bertz CT molecular complexity index is 1030. The molecule has 0 aliphatic carbocycles. The molecule has 6 heteroatoms. The molecule has 0 radical (unpaired) electrons. The van der Waals surface area contributed by atoms with Gasteiger partial charge >= 0.3 is 6.09 Å². The Morgan fingerprint density at radius 2 is 1.45 bits per heavy atom. The monoisotopic (exact) mass is 461 g/mol. The molecule has 1 aliphatic heterocycles. The number of rotatable bonds is 7. The molecule has 1 amide bonds. The second-order valence-electron chi connectivity index (χ2n) is 9.30. The van der Waals surface area contributed by atoms with Crippen LogP contribution in [0.4, 0.5) is 4.79 Å². The van der Waals surface area contributed by atoms with Crippen LogP contribution in [0.15, 0.2) is 84.9 Å². The van der Waals surface area contributed by atoms with Crippen molar-refractivity contribution in [2.75, 3.05) is 20.4 Å². The molecule has 172 valence electrons. The van der Waals surface area contributed by atoms with Crippen LogP contribution in [0.25, 0.3) is 0 Å². The highest BCUT2D eigenvalue weighted by Gasteiger charge is 2.51. The summed E-state index contributed by atoms with van der Waals surface area (Å²) in [7, 11) is -1.09. The van der Waals surface area contributed by atoms with E-state index in [-0.39, 0.29) is 24.0 Å². The summed E-state index contributed by atoms with van der Waals surface area (Å²) in [6, 6.07) is 28.5. The first kappa shape index (κ1) is 23.1. The van der Waals surface area contributed by atoms with Crippen LogP contribution in [0.2, 0.25) is 5.04 Å². The molecule has 5 nitrogen and oxygen atoms in total. The summed E-state index contributed by atoms with van der Waals surface area (Å²) in [6.07, 6.45) is -0.681. The van der Waals surface area contributed by atoms with Gasteiger partial charge in [0.1, 0.15) is 18.6 Å². The third kappa shape index (κ3) is 4.54. The number of nitrogens with zero attached hydrogens (tertiary/aromatic N) is 1. The second-order valence-corrected chi connectivity index (χ2v) is 13.6. The number of hydrogen-bond donors (Lipinski definition) is 0. The van der Waals surface area contributed by atoms with E-state index in [1.54, 1.807) is 12.0 Å². The normalized spacial score (nSPS) is 16.5. The first-order valence-electron chi connectivity index (χ1n) is 11.2. The summed E-state index contributed by atoms with van der Waals surface area (Å²) in [5.74, 6) is 0.773. The number of amides is 1. The van der Waals surface area contributed by atoms with E-state index in [9.17, 15) is 4.79 Å². The van der Waals surface area contributed by atoms with Crippen molar-refractivity contribution in [3.8, 4) is 5.75 Å². The van der Waals surface area contributed by atoms with Crippen LogP contribution >= 0.6 is 0 Å². The molecule has 1 aliphatic rings. The van der Waals surface area contributed by atoms with Gasteiger partial charge in [-0.3, -0.25) is 4.90 Å². The summed E-state index contributed by atoms with van der Waals surface area (Å²) < 4.78 is 17.8. The number of hydrogen-bond acceptors (Lipinski definition) is 4. The Balaban J connectivity index is 1.61. The van der Waals surface area contributed by atoms with Crippen molar-refractivity contribution < 1.29 is 18.7 Å². The van der Waals surface area contributed by atoms with Gasteiger partial charge in [-0.05, 0) is 33.1 Å². The van der Waals surface area contributed by atoms with Crippen molar-refractivity contribution >= 4 is 24.8 Å². The second kappa shape index (κ2) is 9.41. The molecule has 0 saturated carbocycles. The number of carbonyl (C=O) groups is 1. The first-order valence-corrected chi connectivity index (χ1v) is 13.1. The lowest BCUT2D eigenvalue weighted by atomic mass is 10.1. The van der Waals surface area contributed by atoms with E-state index in [0.717, 1.165) is 11.3 Å². The summed E-state index contributed by atoms with van der Waals surface area (Å²) in [5, 5.41) is 2.21. The maximum atomic E-state index is 12.7. The molecule has 33 heavy (non-hydrogen) atoms. The summed E-state index contributed by atoms with van der Waals surface area (Å²) in [5.41, 5.74) is 0.942. The van der Waals surface area contributed by atoms with Gasteiger partial charge in [-0.1, -0.05) is 93.6 Å². The number of cyclic esters (lactones) is 1. The van der Waals surface area contributed by atoms with Crippen LogP contribution < -0.4 is 15.1 Å². The van der Waals surface area contributed by atoms with Crippen molar-refractivity contribution in [2.45, 2.75) is 31.9 Å². The molecule has 0 spiro atoms. The average Bonchev–Trinajstić information content (AvgIpc) is 3.20. The third-order valence-electron chi connectivity index (χ3n) is 6.23. The topological polar surface area (TPSA) is 48.0 Å². The average molecular weight is 462 g/mol. The molecule has 0 N–H and O–H groups in total. The Kier molecular flexibility index (Phi) is 6.58. The Labute approximate surface area is 197 Å². The van der Waals surface area contributed by atoms with E-state index in [2.05, 4.69) is 69.3 Å². The zero-order chi connectivity index (χ0) is 23.5. The lowest BCUT2D eigenvalue weighted by Gasteiger charge is -2.43. The smallest absolute Gasteiger partial charge is 0.412 e. The van der Waals surface area contributed by atoms with E-state index in [1.807, 2.05) is 36.4 Å². The highest BCUT2D eigenvalue weighted by molar-refractivity contribution is 6.99.